The molecular formula is C21H18N2O2. The van der Waals surface area contributed by atoms with Crippen molar-refractivity contribution in [3.05, 3.63) is 58.8 Å². The van der Waals surface area contributed by atoms with Crippen molar-refractivity contribution in [2.24, 2.45) is 0 Å². The van der Waals surface area contributed by atoms with Crippen molar-refractivity contribution in [1.29, 1.82) is 0 Å². The third kappa shape index (κ3) is 2.37. The Bertz CT molecular complexity index is 1110. The zero-order valence-electron chi connectivity index (χ0n) is 13.9. The van der Waals surface area contributed by atoms with Crippen LogP contribution in [0.1, 0.15) is 19.3 Å². The largest absolute Gasteiger partial charge is 0.453 e. The van der Waals surface area contributed by atoms with E-state index in [4.69, 9.17) is 9.40 Å². The van der Waals surface area contributed by atoms with Crippen LogP contribution in [0.5, 0.6) is 0 Å². The lowest BCUT2D eigenvalue weighted by Gasteiger charge is -2.28. The first-order chi connectivity index (χ1) is 12.3. The second-order valence-electron chi connectivity index (χ2n) is 6.68. The second kappa shape index (κ2) is 5.59. The Morgan fingerprint density at radius 1 is 0.960 bits per heavy atom. The Morgan fingerprint density at radius 2 is 1.80 bits per heavy atom. The van der Waals surface area contributed by atoms with E-state index in [1.165, 1.54) is 6.42 Å². The van der Waals surface area contributed by atoms with Gasteiger partial charge in [-0.2, -0.15) is 0 Å². The van der Waals surface area contributed by atoms with Gasteiger partial charge in [0.1, 0.15) is 11.2 Å². The molecule has 2 aromatic rings. The number of rotatable bonds is 1. The monoisotopic (exact) mass is 330 g/mol. The number of aromatic nitrogens is 1. The van der Waals surface area contributed by atoms with Crippen molar-refractivity contribution in [2.45, 2.75) is 19.3 Å². The normalized spacial score (nSPS) is 15.3. The fraction of sp³-hybridized carbons (Fsp3) is 0.238. The molecule has 0 radical (unpaired) electrons. The minimum absolute atomic E-state index is 0.0140. The maximum absolute atomic E-state index is 12.6. The summed E-state index contributed by atoms with van der Waals surface area (Å²) in [4.78, 5) is 19.6. The number of benzene rings is 3. The zero-order chi connectivity index (χ0) is 16.8. The molecule has 2 heterocycles. The molecule has 2 aliphatic heterocycles. The molecule has 1 aliphatic carbocycles. The highest BCUT2D eigenvalue weighted by Crippen LogP contribution is 2.31. The SMILES string of the molecule is O=c1cc2oc3ccc4ccccc4c3nc-2cc1N1CCCCC1. The average molecular weight is 330 g/mol. The predicted molar refractivity (Wildman–Crippen MR) is 100 cm³/mol. The molecule has 0 aromatic heterocycles. The van der Waals surface area contributed by atoms with E-state index in [1.54, 1.807) is 6.07 Å². The maximum atomic E-state index is 12.6. The van der Waals surface area contributed by atoms with Gasteiger partial charge >= 0.3 is 0 Å². The molecule has 0 unspecified atom stereocenters. The first-order valence-electron chi connectivity index (χ1n) is 8.81. The smallest absolute Gasteiger partial charge is 0.205 e. The van der Waals surface area contributed by atoms with Crippen LogP contribution in [0, 0.1) is 0 Å². The van der Waals surface area contributed by atoms with Gasteiger partial charge in [0.05, 0.1) is 5.69 Å². The number of nitrogens with zero attached hydrogens (tertiary/aromatic N) is 2. The van der Waals surface area contributed by atoms with Gasteiger partial charge in [0.15, 0.2) is 11.3 Å². The third-order valence-corrected chi connectivity index (χ3v) is 5.05. The highest BCUT2D eigenvalue weighted by atomic mass is 16.3. The van der Waals surface area contributed by atoms with Gasteiger partial charge in [-0.25, -0.2) is 4.98 Å². The molecule has 0 N–H and O–H groups in total. The van der Waals surface area contributed by atoms with E-state index in [9.17, 15) is 4.79 Å². The molecule has 1 saturated heterocycles. The fourth-order valence-corrected chi connectivity index (χ4v) is 3.76. The van der Waals surface area contributed by atoms with Gasteiger partial charge in [0.25, 0.3) is 0 Å². The fourth-order valence-electron chi connectivity index (χ4n) is 3.76. The van der Waals surface area contributed by atoms with Crippen LogP contribution in [0.15, 0.2) is 57.7 Å². The molecule has 3 aliphatic rings. The number of anilines is 1. The van der Waals surface area contributed by atoms with E-state index < -0.39 is 0 Å². The Labute approximate surface area is 145 Å². The van der Waals surface area contributed by atoms with Gasteiger partial charge < -0.3 is 9.32 Å². The van der Waals surface area contributed by atoms with Gasteiger partial charge in [-0.1, -0.05) is 30.3 Å². The summed E-state index contributed by atoms with van der Waals surface area (Å²) < 4.78 is 6.00. The highest BCUT2D eigenvalue weighted by Gasteiger charge is 2.19. The van der Waals surface area contributed by atoms with Crippen LogP contribution < -0.4 is 10.3 Å². The summed E-state index contributed by atoms with van der Waals surface area (Å²) >= 11 is 0. The van der Waals surface area contributed by atoms with Gasteiger partial charge in [-0.05, 0) is 36.8 Å². The molecule has 0 amide bonds. The van der Waals surface area contributed by atoms with Gasteiger partial charge in [-0.3, -0.25) is 4.79 Å². The maximum Gasteiger partial charge on any atom is 0.205 e. The summed E-state index contributed by atoms with van der Waals surface area (Å²) in [5.41, 5.74) is 3.05. The van der Waals surface area contributed by atoms with Crippen molar-refractivity contribution in [3.8, 4) is 11.5 Å². The number of hydrogen-bond acceptors (Lipinski definition) is 4. The van der Waals surface area contributed by atoms with E-state index in [2.05, 4.69) is 17.0 Å². The predicted octanol–water partition coefficient (Wildman–Crippen LogP) is 4.44. The summed E-state index contributed by atoms with van der Waals surface area (Å²) in [5, 5.41) is 2.20. The minimum Gasteiger partial charge on any atom is -0.453 e. The summed E-state index contributed by atoms with van der Waals surface area (Å²) in [7, 11) is 0. The Hall–Kier alpha value is -2.88. The average Bonchev–Trinajstić information content (AvgIpc) is 2.66. The van der Waals surface area contributed by atoms with E-state index in [1.807, 2.05) is 30.3 Å². The lowest BCUT2D eigenvalue weighted by Crippen LogP contribution is -2.33. The van der Waals surface area contributed by atoms with Crippen LogP contribution in [-0.4, -0.2) is 18.1 Å². The molecule has 0 bridgehead atoms. The van der Waals surface area contributed by atoms with Crippen molar-refractivity contribution in [2.75, 3.05) is 18.0 Å². The molecule has 1 fully saturated rings. The quantitative estimate of drug-likeness (QED) is 0.382. The van der Waals surface area contributed by atoms with Crippen molar-refractivity contribution in [1.82, 2.24) is 4.98 Å². The molecule has 5 rings (SSSR count). The van der Waals surface area contributed by atoms with E-state index in [0.29, 0.717) is 11.3 Å². The lowest BCUT2D eigenvalue weighted by atomic mass is 10.1. The zero-order valence-corrected chi connectivity index (χ0v) is 13.9. The topological polar surface area (TPSA) is 46.3 Å². The van der Waals surface area contributed by atoms with Gasteiger partial charge in [-0.15, -0.1) is 0 Å². The summed E-state index contributed by atoms with van der Waals surface area (Å²) in [6, 6.07) is 15.6. The highest BCUT2D eigenvalue weighted by molar-refractivity contribution is 6.03. The third-order valence-electron chi connectivity index (χ3n) is 5.05. The van der Waals surface area contributed by atoms with Crippen molar-refractivity contribution >= 4 is 27.6 Å². The van der Waals surface area contributed by atoms with E-state index >= 15 is 0 Å². The summed E-state index contributed by atoms with van der Waals surface area (Å²) in [5.74, 6) is 0.550. The van der Waals surface area contributed by atoms with Crippen LogP contribution in [0.25, 0.3) is 33.3 Å². The van der Waals surface area contributed by atoms with Crippen LogP contribution in [0.3, 0.4) is 0 Å². The molecule has 0 saturated carbocycles. The summed E-state index contributed by atoms with van der Waals surface area (Å²) in [6.07, 6.45) is 3.51. The molecule has 0 atom stereocenters. The Balaban J connectivity index is 1.77. The van der Waals surface area contributed by atoms with Crippen molar-refractivity contribution in [3.63, 3.8) is 0 Å². The van der Waals surface area contributed by atoms with Crippen LogP contribution in [-0.2, 0) is 0 Å². The lowest BCUT2D eigenvalue weighted by molar-refractivity contribution is 0.575. The van der Waals surface area contributed by atoms with Gasteiger partial charge in [0.2, 0.25) is 5.43 Å². The van der Waals surface area contributed by atoms with Crippen molar-refractivity contribution < 1.29 is 4.42 Å². The second-order valence-corrected chi connectivity index (χ2v) is 6.68. The summed E-state index contributed by atoms with van der Waals surface area (Å²) in [6.45, 7) is 1.88. The molecular weight excluding hydrogens is 312 g/mol. The Kier molecular flexibility index (Phi) is 3.23. The van der Waals surface area contributed by atoms with Gasteiger partial charge in [0, 0.05) is 24.5 Å². The van der Waals surface area contributed by atoms with E-state index in [-0.39, 0.29) is 5.43 Å². The number of piperidine rings is 1. The first kappa shape index (κ1) is 14.5. The molecule has 4 nitrogen and oxygen atoms in total. The number of fused-ring (bicyclic) bond motifs is 4. The molecule has 0 spiro atoms. The minimum atomic E-state index is 0.0140. The first-order valence-corrected chi connectivity index (χ1v) is 8.81. The molecule has 2 aromatic carbocycles. The molecule has 124 valence electrons. The molecule has 4 heteroatoms. The van der Waals surface area contributed by atoms with Crippen LogP contribution in [0.4, 0.5) is 5.69 Å². The standard InChI is InChI=1S/C21H18N2O2/c24-18-13-20-16(12-17(18)23-10-4-1-5-11-23)22-21-15-7-3-2-6-14(15)8-9-19(21)25-20/h2-3,6-9,12-13H,1,4-5,10-11H2. The van der Waals surface area contributed by atoms with E-state index in [0.717, 1.165) is 53.6 Å². The Morgan fingerprint density at radius 3 is 2.68 bits per heavy atom. The van der Waals surface area contributed by atoms with Crippen LogP contribution >= 0.6 is 0 Å². The molecule has 25 heavy (non-hydrogen) atoms. The van der Waals surface area contributed by atoms with Crippen LogP contribution in [0.2, 0.25) is 0 Å². The number of hydrogen-bond donors (Lipinski definition) is 0.